The molecule has 33 heavy (non-hydrogen) atoms. The Labute approximate surface area is 202 Å². The first-order valence-corrected chi connectivity index (χ1v) is 13.3. The molecule has 1 amide bonds. The topological polar surface area (TPSA) is 86.3 Å². The van der Waals surface area contributed by atoms with Crippen LogP contribution in [0.1, 0.15) is 73.6 Å². The summed E-state index contributed by atoms with van der Waals surface area (Å²) in [5.41, 5.74) is 0.482. The van der Waals surface area contributed by atoms with Crippen molar-refractivity contribution in [3.63, 3.8) is 0 Å². The predicted molar refractivity (Wildman–Crippen MR) is 134 cm³/mol. The maximum absolute atomic E-state index is 12.1. The summed E-state index contributed by atoms with van der Waals surface area (Å²) < 4.78 is 25.2. The Morgan fingerprint density at radius 2 is 1.42 bits per heavy atom. The Kier molecular flexibility index (Phi) is 19.9. The van der Waals surface area contributed by atoms with Crippen LogP contribution >= 0.6 is 8.53 Å². The van der Waals surface area contributed by atoms with E-state index in [0.29, 0.717) is 89.5 Å². The van der Waals surface area contributed by atoms with Crippen LogP contribution in [0.3, 0.4) is 0 Å². The molecular formula is C24H47N2O6P. The lowest BCUT2D eigenvalue weighted by molar-refractivity contribution is -0.120. The number of hydrogen-bond donors (Lipinski definition) is 1. The van der Waals surface area contributed by atoms with Gasteiger partial charge >= 0.3 is 0 Å². The summed E-state index contributed by atoms with van der Waals surface area (Å²) in [4.78, 5) is 23.4. The number of ether oxygens (including phenoxy) is 2. The Hall–Kier alpha value is -0.890. The lowest BCUT2D eigenvalue weighted by atomic mass is 10.1. The maximum Gasteiger partial charge on any atom is 0.259 e. The highest BCUT2D eigenvalue weighted by atomic mass is 31.2. The molecule has 0 heterocycles. The first-order valence-electron chi connectivity index (χ1n) is 12.2. The van der Waals surface area contributed by atoms with E-state index in [0.717, 1.165) is 6.42 Å². The number of carbonyl (C=O) groups is 2. The van der Waals surface area contributed by atoms with Crippen molar-refractivity contribution < 1.29 is 28.1 Å². The fraction of sp³-hybridized carbons (Fsp3) is 0.833. The average molecular weight is 491 g/mol. The molecule has 0 aliphatic carbocycles. The van der Waals surface area contributed by atoms with E-state index in [4.69, 9.17) is 18.5 Å². The molecule has 0 aromatic carbocycles. The number of hydrogen-bond acceptors (Lipinski definition) is 7. The third-order valence-corrected chi connectivity index (χ3v) is 6.60. The van der Waals surface area contributed by atoms with E-state index in [1.165, 1.54) is 0 Å². The van der Waals surface area contributed by atoms with E-state index < -0.39 is 8.53 Å². The van der Waals surface area contributed by atoms with Crippen molar-refractivity contribution in [1.82, 2.24) is 9.99 Å². The smallest absolute Gasteiger partial charge is 0.259 e. The highest BCUT2D eigenvalue weighted by molar-refractivity contribution is 7.44. The second-order valence-electron chi connectivity index (χ2n) is 8.48. The van der Waals surface area contributed by atoms with Crippen LogP contribution in [0.5, 0.6) is 0 Å². The van der Waals surface area contributed by atoms with E-state index in [-0.39, 0.29) is 11.7 Å². The van der Waals surface area contributed by atoms with E-state index in [9.17, 15) is 9.59 Å². The van der Waals surface area contributed by atoms with Crippen molar-refractivity contribution in [3.05, 3.63) is 12.2 Å². The van der Waals surface area contributed by atoms with E-state index >= 15 is 0 Å². The van der Waals surface area contributed by atoms with Crippen LogP contribution in [0, 0.1) is 0 Å². The van der Waals surface area contributed by atoms with Crippen molar-refractivity contribution in [2.75, 3.05) is 46.2 Å². The first-order chi connectivity index (χ1) is 15.7. The molecule has 0 saturated carbocycles. The number of rotatable bonds is 22. The van der Waals surface area contributed by atoms with Gasteiger partial charge in [-0.1, -0.05) is 13.5 Å². The number of nitrogens with zero attached hydrogens (tertiary/aromatic N) is 1. The van der Waals surface area contributed by atoms with Crippen LogP contribution in [0.2, 0.25) is 0 Å². The van der Waals surface area contributed by atoms with Crippen LogP contribution in [0.4, 0.5) is 0 Å². The van der Waals surface area contributed by atoms with Gasteiger partial charge in [-0.05, 0) is 53.9 Å². The first kappa shape index (κ1) is 32.1. The zero-order valence-corrected chi connectivity index (χ0v) is 22.6. The number of Topliss-reactive ketones (excluding diaryl/α,β-unsaturated/α-hetero) is 1. The number of amides is 1. The van der Waals surface area contributed by atoms with Crippen molar-refractivity contribution >= 4 is 20.2 Å². The molecule has 0 fully saturated rings. The highest BCUT2D eigenvalue weighted by Crippen LogP contribution is 2.46. The van der Waals surface area contributed by atoms with Gasteiger partial charge in [-0.2, -0.15) is 0 Å². The summed E-state index contributed by atoms with van der Waals surface area (Å²) in [6.07, 6.45) is 3.38. The maximum atomic E-state index is 12.1. The van der Waals surface area contributed by atoms with Crippen LogP contribution in [0.25, 0.3) is 0 Å². The third kappa shape index (κ3) is 17.2. The highest BCUT2D eigenvalue weighted by Gasteiger charge is 2.26. The summed E-state index contributed by atoms with van der Waals surface area (Å²) in [7, 11) is -1.10. The van der Waals surface area contributed by atoms with E-state index in [1.54, 1.807) is 6.92 Å². The summed E-state index contributed by atoms with van der Waals surface area (Å²) >= 11 is 0. The minimum absolute atomic E-state index is 0.162. The molecule has 0 aromatic rings. The standard InChI is InChI=1S/C24H47N2O6P/c1-8-14-31-33(26(21(4)5)22(6)7)32-16-10-12-23(27)11-9-15-29-18-19-30-17-13-25-24(28)20(2)3/h21-22H,2,8-19H2,1,3-7H3,(H,25,28). The van der Waals surface area contributed by atoms with Gasteiger partial charge in [-0.15, -0.1) is 0 Å². The van der Waals surface area contributed by atoms with Gasteiger partial charge in [0.25, 0.3) is 8.53 Å². The molecule has 0 aromatic heterocycles. The fourth-order valence-electron chi connectivity index (χ4n) is 2.93. The molecule has 9 heteroatoms. The number of ketones is 1. The van der Waals surface area contributed by atoms with Gasteiger partial charge < -0.3 is 23.8 Å². The van der Waals surface area contributed by atoms with Gasteiger partial charge in [0, 0.05) is 43.7 Å². The normalized spacial score (nSPS) is 12.5. The van der Waals surface area contributed by atoms with Gasteiger partial charge in [0.2, 0.25) is 5.91 Å². The van der Waals surface area contributed by atoms with Crippen molar-refractivity contribution in [2.45, 2.75) is 85.7 Å². The zero-order valence-electron chi connectivity index (χ0n) is 21.7. The molecule has 194 valence electrons. The second-order valence-corrected chi connectivity index (χ2v) is 9.93. The summed E-state index contributed by atoms with van der Waals surface area (Å²) in [5.74, 6) is 0.0693. The van der Waals surface area contributed by atoms with Gasteiger partial charge in [-0.3, -0.25) is 9.59 Å². The summed E-state index contributed by atoms with van der Waals surface area (Å²) in [5, 5.41) is 2.70. The molecule has 8 nitrogen and oxygen atoms in total. The molecule has 1 unspecified atom stereocenters. The van der Waals surface area contributed by atoms with Crippen LogP contribution < -0.4 is 5.32 Å². The molecule has 0 aliphatic rings. The van der Waals surface area contributed by atoms with E-state index in [1.807, 2.05) is 0 Å². The monoisotopic (exact) mass is 490 g/mol. The van der Waals surface area contributed by atoms with E-state index in [2.05, 4.69) is 51.2 Å². The average Bonchev–Trinajstić information content (AvgIpc) is 2.75. The second kappa shape index (κ2) is 20.5. The molecule has 0 aliphatic heterocycles. The van der Waals surface area contributed by atoms with Gasteiger partial charge in [-0.25, -0.2) is 4.67 Å². The molecule has 1 atom stereocenters. The Bertz CT molecular complexity index is 537. The molecule has 0 rings (SSSR count). The Balaban J connectivity index is 3.81. The lowest BCUT2D eigenvalue weighted by Gasteiger charge is -2.35. The largest absolute Gasteiger partial charge is 0.379 e. The van der Waals surface area contributed by atoms with Crippen molar-refractivity contribution in [1.29, 1.82) is 0 Å². The SMILES string of the molecule is C=C(C)C(=O)NCCOCCOCCCC(=O)CCCOP(OCCC)N(C(C)C)C(C)C. The van der Waals surface area contributed by atoms with Crippen molar-refractivity contribution in [3.8, 4) is 0 Å². The van der Waals surface area contributed by atoms with Gasteiger partial charge in [0.15, 0.2) is 0 Å². The van der Waals surface area contributed by atoms with Crippen molar-refractivity contribution in [2.24, 2.45) is 0 Å². The molecule has 0 saturated heterocycles. The Morgan fingerprint density at radius 3 is 1.97 bits per heavy atom. The lowest BCUT2D eigenvalue weighted by Crippen LogP contribution is -2.33. The van der Waals surface area contributed by atoms with Crippen LogP contribution in [0.15, 0.2) is 12.2 Å². The molecule has 0 spiro atoms. The summed E-state index contributed by atoms with van der Waals surface area (Å²) in [6.45, 7) is 19.5. The number of nitrogens with one attached hydrogen (secondary N) is 1. The van der Waals surface area contributed by atoms with Gasteiger partial charge in [0.05, 0.1) is 33.0 Å². The molecule has 0 bridgehead atoms. The Morgan fingerprint density at radius 1 is 0.879 bits per heavy atom. The van der Waals surface area contributed by atoms with Gasteiger partial charge in [0.1, 0.15) is 5.78 Å². The number of carbonyl (C=O) groups excluding carboxylic acids is 2. The summed E-state index contributed by atoms with van der Waals surface area (Å²) in [6, 6.07) is 0.671. The molecule has 0 radical (unpaired) electrons. The minimum atomic E-state index is -1.10. The zero-order chi connectivity index (χ0) is 25.1. The van der Waals surface area contributed by atoms with Crippen LogP contribution in [-0.4, -0.2) is 74.6 Å². The third-order valence-electron chi connectivity index (χ3n) is 4.49. The molecular weight excluding hydrogens is 443 g/mol. The predicted octanol–water partition coefficient (Wildman–Crippen LogP) is 4.63. The molecule has 1 N–H and O–H groups in total. The quantitative estimate of drug-likeness (QED) is 0.135. The fourth-order valence-corrected chi connectivity index (χ4v) is 4.65. The minimum Gasteiger partial charge on any atom is -0.379 e. The van der Waals surface area contributed by atoms with Crippen LogP contribution in [-0.2, 0) is 28.1 Å².